The van der Waals surface area contributed by atoms with Gasteiger partial charge in [0.05, 0.1) is 6.54 Å². The number of carbonyl (C=O) groups is 1. The fourth-order valence-corrected chi connectivity index (χ4v) is 1.56. The Morgan fingerprint density at radius 1 is 1.16 bits per heavy atom. The van der Waals surface area contributed by atoms with E-state index in [1.165, 1.54) is 22.8 Å². The van der Waals surface area contributed by atoms with E-state index in [-0.39, 0.29) is 46.3 Å². The van der Waals surface area contributed by atoms with Crippen molar-refractivity contribution in [2.24, 2.45) is 0 Å². The number of pyridine rings is 1. The van der Waals surface area contributed by atoms with Gasteiger partial charge in [-0.25, -0.2) is 0 Å². The minimum Gasteiger partial charge on any atom is -0.504 e. The SMILES string of the molecule is Br.N=c1ccccn1CC(=O)c1ccc(O)c(O)c1. The molecule has 0 aliphatic rings. The van der Waals surface area contributed by atoms with Crippen molar-refractivity contribution in [1.29, 1.82) is 5.41 Å². The molecule has 6 heteroatoms. The predicted octanol–water partition coefficient (Wildman–Crippen LogP) is 1.84. The van der Waals surface area contributed by atoms with Crippen molar-refractivity contribution >= 4 is 22.8 Å². The average Bonchev–Trinajstić information content (AvgIpc) is 2.35. The molecule has 0 amide bonds. The zero-order chi connectivity index (χ0) is 13.1. The zero-order valence-corrected chi connectivity index (χ0v) is 11.6. The quantitative estimate of drug-likeness (QED) is 0.594. The number of aromatic nitrogens is 1. The van der Waals surface area contributed by atoms with Crippen molar-refractivity contribution in [2.75, 3.05) is 0 Å². The van der Waals surface area contributed by atoms with Gasteiger partial charge in [-0.2, -0.15) is 0 Å². The first-order valence-corrected chi connectivity index (χ1v) is 5.33. The van der Waals surface area contributed by atoms with Crippen molar-refractivity contribution in [1.82, 2.24) is 4.57 Å². The average molecular weight is 325 g/mol. The van der Waals surface area contributed by atoms with E-state index >= 15 is 0 Å². The lowest BCUT2D eigenvalue weighted by atomic mass is 10.1. The molecule has 0 unspecified atom stereocenters. The van der Waals surface area contributed by atoms with Gasteiger partial charge in [-0.3, -0.25) is 10.2 Å². The molecule has 1 aromatic heterocycles. The van der Waals surface area contributed by atoms with E-state index in [4.69, 9.17) is 10.5 Å². The van der Waals surface area contributed by atoms with Gasteiger partial charge in [0.1, 0.15) is 5.49 Å². The number of nitrogens with one attached hydrogen (secondary N) is 1. The van der Waals surface area contributed by atoms with Crippen LogP contribution in [0.25, 0.3) is 0 Å². The van der Waals surface area contributed by atoms with Crippen LogP contribution in [-0.2, 0) is 6.54 Å². The van der Waals surface area contributed by atoms with Gasteiger partial charge in [-0.15, -0.1) is 17.0 Å². The summed E-state index contributed by atoms with van der Waals surface area (Å²) < 4.78 is 1.49. The minimum absolute atomic E-state index is 0. The van der Waals surface area contributed by atoms with Crippen LogP contribution in [-0.4, -0.2) is 20.6 Å². The van der Waals surface area contributed by atoms with E-state index in [0.29, 0.717) is 5.56 Å². The number of ketones is 1. The smallest absolute Gasteiger partial charge is 0.182 e. The molecule has 0 fully saturated rings. The van der Waals surface area contributed by atoms with E-state index in [9.17, 15) is 9.90 Å². The van der Waals surface area contributed by atoms with Crippen LogP contribution < -0.4 is 5.49 Å². The van der Waals surface area contributed by atoms with Gasteiger partial charge in [0.15, 0.2) is 17.3 Å². The molecule has 0 atom stereocenters. The molecule has 0 bridgehead atoms. The molecule has 0 saturated heterocycles. The molecule has 0 radical (unpaired) electrons. The molecule has 0 aliphatic carbocycles. The topological polar surface area (TPSA) is 86.3 Å². The van der Waals surface area contributed by atoms with Crippen molar-refractivity contribution in [3.8, 4) is 11.5 Å². The molecule has 2 aromatic rings. The predicted molar refractivity (Wildman–Crippen MR) is 74.7 cm³/mol. The van der Waals surface area contributed by atoms with Crippen LogP contribution in [0.1, 0.15) is 10.4 Å². The third-order valence-corrected chi connectivity index (χ3v) is 2.55. The number of aromatic hydroxyl groups is 2. The lowest BCUT2D eigenvalue weighted by molar-refractivity contribution is 0.0970. The monoisotopic (exact) mass is 324 g/mol. The summed E-state index contributed by atoms with van der Waals surface area (Å²) in [7, 11) is 0. The normalized spacial score (nSPS) is 9.68. The van der Waals surface area contributed by atoms with E-state index in [0.717, 1.165) is 0 Å². The summed E-state index contributed by atoms with van der Waals surface area (Å²) >= 11 is 0. The summed E-state index contributed by atoms with van der Waals surface area (Å²) in [6.45, 7) is 0.0177. The molecule has 5 nitrogen and oxygen atoms in total. The van der Waals surface area contributed by atoms with Crippen LogP contribution in [0.4, 0.5) is 0 Å². The number of halogens is 1. The number of Topliss-reactive ketones (excluding diaryl/α,β-unsaturated/α-hetero) is 1. The minimum atomic E-state index is -0.329. The standard InChI is InChI=1S/C13H12N2O3.BrH/c14-13-3-1-2-6-15(13)8-12(18)9-4-5-10(16)11(17)7-9;/h1-7,14,16-17H,8H2;1H. The van der Waals surface area contributed by atoms with E-state index < -0.39 is 0 Å². The maximum atomic E-state index is 11.9. The summed E-state index contributed by atoms with van der Waals surface area (Å²) in [5.41, 5.74) is 0.523. The molecule has 2 rings (SSSR count). The summed E-state index contributed by atoms with van der Waals surface area (Å²) in [6, 6.07) is 8.95. The lowest BCUT2D eigenvalue weighted by Gasteiger charge is -2.06. The van der Waals surface area contributed by atoms with Gasteiger partial charge in [-0.1, -0.05) is 6.07 Å². The Hall–Kier alpha value is -2.08. The molecular formula is C13H13BrN2O3. The second-order valence-electron chi connectivity index (χ2n) is 3.84. The number of rotatable bonds is 3. The van der Waals surface area contributed by atoms with E-state index in [1.807, 2.05) is 0 Å². The number of carbonyl (C=O) groups excluding carboxylic acids is 1. The molecule has 0 spiro atoms. The number of hydrogen-bond donors (Lipinski definition) is 3. The van der Waals surface area contributed by atoms with Gasteiger partial charge in [-0.05, 0) is 30.3 Å². The molecule has 0 saturated carbocycles. The van der Waals surface area contributed by atoms with Gasteiger partial charge < -0.3 is 14.8 Å². The maximum Gasteiger partial charge on any atom is 0.182 e. The number of nitrogens with zero attached hydrogens (tertiary/aromatic N) is 1. The molecule has 0 aliphatic heterocycles. The Kier molecular flexibility index (Phi) is 4.88. The van der Waals surface area contributed by atoms with Crippen LogP contribution in [0, 0.1) is 5.41 Å². The molecule has 1 heterocycles. The third kappa shape index (κ3) is 3.45. The summed E-state index contributed by atoms with van der Waals surface area (Å²) in [4.78, 5) is 11.9. The van der Waals surface area contributed by atoms with Crippen molar-refractivity contribution in [3.05, 3.63) is 53.6 Å². The zero-order valence-electron chi connectivity index (χ0n) is 9.91. The molecule has 19 heavy (non-hydrogen) atoms. The number of phenolic OH excluding ortho intramolecular Hbond substituents is 2. The maximum absolute atomic E-state index is 11.9. The highest BCUT2D eigenvalue weighted by Crippen LogP contribution is 2.25. The first kappa shape index (κ1) is 15.0. The molecular weight excluding hydrogens is 312 g/mol. The Bertz CT molecular complexity index is 652. The first-order valence-electron chi connectivity index (χ1n) is 5.33. The van der Waals surface area contributed by atoms with Gasteiger partial charge in [0.2, 0.25) is 0 Å². The Balaban J connectivity index is 0.00000180. The Morgan fingerprint density at radius 3 is 2.53 bits per heavy atom. The lowest BCUT2D eigenvalue weighted by Crippen LogP contribution is -2.22. The van der Waals surface area contributed by atoms with Crippen LogP contribution in [0.15, 0.2) is 42.6 Å². The highest BCUT2D eigenvalue weighted by molar-refractivity contribution is 8.93. The van der Waals surface area contributed by atoms with Crippen molar-refractivity contribution in [2.45, 2.75) is 6.54 Å². The fraction of sp³-hybridized carbons (Fsp3) is 0.0769. The number of phenols is 2. The number of benzene rings is 1. The van der Waals surface area contributed by atoms with Crippen LogP contribution in [0.5, 0.6) is 11.5 Å². The van der Waals surface area contributed by atoms with Crippen LogP contribution in [0.3, 0.4) is 0 Å². The van der Waals surface area contributed by atoms with E-state index in [2.05, 4.69) is 0 Å². The van der Waals surface area contributed by atoms with Gasteiger partial charge in [0.25, 0.3) is 0 Å². The third-order valence-electron chi connectivity index (χ3n) is 2.55. The Labute approximate surface area is 120 Å². The van der Waals surface area contributed by atoms with Crippen LogP contribution >= 0.6 is 17.0 Å². The number of hydrogen-bond acceptors (Lipinski definition) is 4. The van der Waals surface area contributed by atoms with Crippen molar-refractivity contribution in [3.63, 3.8) is 0 Å². The second-order valence-corrected chi connectivity index (χ2v) is 3.84. The summed E-state index contributed by atoms with van der Waals surface area (Å²) in [5, 5.41) is 26.1. The molecule has 100 valence electrons. The van der Waals surface area contributed by atoms with E-state index in [1.54, 1.807) is 24.4 Å². The highest BCUT2D eigenvalue weighted by Gasteiger charge is 2.09. The first-order chi connectivity index (χ1) is 8.58. The van der Waals surface area contributed by atoms with Gasteiger partial charge >= 0.3 is 0 Å². The molecule has 1 aromatic carbocycles. The van der Waals surface area contributed by atoms with Gasteiger partial charge in [0, 0.05) is 11.8 Å². The Morgan fingerprint density at radius 2 is 1.89 bits per heavy atom. The second kappa shape index (κ2) is 6.19. The highest BCUT2D eigenvalue weighted by atomic mass is 79.9. The largest absolute Gasteiger partial charge is 0.504 e. The summed E-state index contributed by atoms with van der Waals surface area (Å²) in [5.74, 6) is -0.833. The fourth-order valence-electron chi connectivity index (χ4n) is 1.56. The summed E-state index contributed by atoms with van der Waals surface area (Å²) in [6.07, 6.45) is 1.64. The van der Waals surface area contributed by atoms with Crippen molar-refractivity contribution < 1.29 is 15.0 Å². The van der Waals surface area contributed by atoms with Crippen LogP contribution in [0.2, 0.25) is 0 Å². The molecule has 3 N–H and O–H groups in total.